The van der Waals surface area contributed by atoms with Crippen LogP contribution in [0.4, 0.5) is 29.3 Å². The van der Waals surface area contributed by atoms with Gasteiger partial charge in [0.05, 0.1) is 24.0 Å². The third-order valence-corrected chi connectivity index (χ3v) is 4.08. The number of nitrogens with zero attached hydrogens (tertiary/aromatic N) is 2. The second kappa shape index (κ2) is 7.74. The highest BCUT2D eigenvalue weighted by molar-refractivity contribution is 6.32. The lowest BCUT2D eigenvalue weighted by Crippen LogP contribution is -2.58. The molecule has 2 aromatic carbocycles. The van der Waals surface area contributed by atoms with E-state index < -0.39 is 35.5 Å². The van der Waals surface area contributed by atoms with Crippen molar-refractivity contribution < 1.29 is 32.3 Å². The first kappa shape index (κ1) is 20.1. The molecule has 1 aliphatic heterocycles. The monoisotopic (exact) mass is 405 g/mol. The number of halogens is 3. The van der Waals surface area contributed by atoms with Crippen LogP contribution in [-0.2, 0) is 15.8 Å². The smallest absolute Gasteiger partial charge is 0.416 e. The van der Waals surface area contributed by atoms with Crippen LogP contribution in [0.25, 0.3) is 0 Å². The number of urea groups is 1. The number of aliphatic imine (C=N–C) groups is 1. The Morgan fingerprint density at radius 2 is 1.79 bits per heavy atom. The molecule has 0 bridgehead atoms. The molecular formula is C19H14F3N3O4. The largest absolute Gasteiger partial charge is 0.497 e. The highest BCUT2D eigenvalue weighted by atomic mass is 19.4. The van der Waals surface area contributed by atoms with E-state index in [-0.39, 0.29) is 5.69 Å². The molecule has 2 aromatic rings. The van der Waals surface area contributed by atoms with Crippen LogP contribution < -0.4 is 15.0 Å². The van der Waals surface area contributed by atoms with Crippen molar-refractivity contribution in [2.45, 2.75) is 6.18 Å². The van der Waals surface area contributed by atoms with E-state index in [2.05, 4.69) is 4.99 Å². The molecule has 0 aliphatic carbocycles. The fraction of sp³-hybridized carbons (Fsp3) is 0.158. The molecule has 0 unspecified atom stereocenters. The molecule has 10 heteroatoms. The van der Waals surface area contributed by atoms with Gasteiger partial charge in [0.1, 0.15) is 5.75 Å². The molecule has 150 valence electrons. The molecule has 0 radical (unpaired) electrons. The van der Waals surface area contributed by atoms with Gasteiger partial charge in [-0.3, -0.25) is 19.9 Å². The second-order valence-corrected chi connectivity index (χ2v) is 5.97. The number of hydrogen-bond donors (Lipinski definition) is 1. The molecule has 4 amide bonds. The zero-order valence-electron chi connectivity index (χ0n) is 14.9. The van der Waals surface area contributed by atoms with Crippen LogP contribution in [0.3, 0.4) is 0 Å². The molecule has 0 spiro atoms. The summed E-state index contributed by atoms with van der Waals surface area (Å²) in [5.74, 6) is -2.82. The molecule has 7 nitrogen and oxygen atoms in total. The summed E-state index contributed by atoms with van der Waals surface area (Å²) in [7, 11) is 1.49. The lowest BCUT2D eigenvalue weighted by atomic mass is 10.1. The highest BCUT2D eigenvalue weighted by Gasteiger charge is 2.41. The fourth-order valence-electron chi connectivity index (χ4n) is 2.62. The van der Waals surface area contributed by atoms with E-state index in [0.29, 0.717) is 22.4 Å². The summed E-state index contributed by atoms with van der Waals surface area (Å²) in [6.07, 6.45) is -3.62. The summed E-state index contributed by atoms with van der Waals surface area (Å²) in [5, 5.41) is 1.96. The molecule has 1 atom stereocenters. The Hall–Kier alpha value is -3.69. The van der Waals surface area contributed by atoms with Gasteiger partial charge >= 0.3 is 12.2 Å². The van der Waals surface area contributed by atoms with Gasteiger partial charge in [0, 0.05) is 6.21 Å². The Bertz CT molecular complexity index is 987. The van der Waals surface area contributed by atoms with Crippen LogP contribution in [0, 0.1) is 5.92 Å². The van der Waals surface area contributed by atoms with Crippen LogP contribution in [0.5, 0.6) is 5.75 Å². The number of imide groups is 2. The van der Waals surface area contributed by atoms with Gasteiger partial charge in [-0.2, -0.15) is 13.2 Å². The van der Waals surface area contributed by atoms with Crippen molar-refractivity contribution in [3.8, 4) is 5.75 Å². The van der Waals surface area contributed by atoms with Crippen LogP contribution in [-0.4, -0.2) is 31.2 Å². The standard InChI is InChI=1S/C19H14F3N3O4/c1-29-14-7-5-12(6-8-14)23-10-15-16(26)24-18(28)25(17(15)27)13-4-2-3-11(9-13)19(20,21)22/h2-10,15H,1H3,(H,24,26,28)/t15-/m1/s1. The quantitative estimate of drug-likeness (QED) is 0.625. The fourth-order valence-corrected chi connectivity index (χ4v) is 2.62. The van der Waals surface area contributed by atoms with E-state index in [1.54, 1.807) is 24.3 Å². The minimum Gasteiger partial charge on any atom is -0.497 e. The number of amides is 4. The zero-order valence-corrected chi connectivity index (χ0v) is 14.9. The summed E-state index contributed by atoms with van der Waals surface area (Å²) in [6.45, 7) is 0. The molecular weight excluding hydrogens is 391 g/mol. The highest BCUT2D eigenvalue weighted by Crippen LogP contribution is 2.32. The summed E-state index contributed by atoms with van der Waals surface area (Å²) < 4.78 is 43.8. The van der Waals surface area contributed by atoms with Crippen LogP contribution >= 0.6 is 0 Å². The molecule has 29 heavy (non-hydrogen) atoms. The number of carbonyl (C=O) groups is 3. The summed E-state index contributed by atoms with van der Waals surface area (Å²) in [5.41, 5.74) is -0.928. The zero-order chi connectivity index (χ0) is 21.2. The molecule has 0 aromatic heterocycles. The Morgan fingerprint density at radius 1 is 1.10 bits per heavy atom. The predicted molar refractivity (Wildman–Crippen MR) is 97.1 cm³/mol. The Balaban J connectivity index is 1.89. The van der Waals surface area contributed by atoms with Crippen LogP contribution in [0.15, 0.2) is 53.5 Å². The lowest BCUT2D eigenvalue weighted by Gasteiger charge is -2.28. The lowest BCUT2D eigenvalue weighted by molar-refractivity contribution is -0.138. The Kier molecular flexibility index (Phi) is 5.35. The minimum atomic E-state index is -4.66. The van der Waals surface area contributed by atoms with Crippen molar-refractivity contribution in [2.75, 3.05) is 12.0 Å². The van der Waals surface area contributed by atoms with E-state index in [1.165, 1.54) is 13.2 Å². The first-order chi connectivity index (χ1) is 13.7. The number of carbonyl (C=O) groups excluding carboxylic acids is 3. The minimum absolute atomic E-state index is 0.308. The van der Waals surface area contributed by atoms with Crippen molar-refractivity contribution >= 4 is 35.4 Å². The number of hydrogen-bond acceptors (Lipinski definition) is 5. The molecule has 0 saturated carbocycles. The van der Waals surface area contributed by atoms with E-state index in [9.17, 15) is 27.6 Å². The van der Waals surface area contributed by atoms with Gasteiger partial charge in [0.15, 0.2) is 5.92 Å². The number of nitrogens with one attached hydrogen (secondary N) is 1. The number of benzene rings is 2. The Morgan fingerprint density at radius 3 is 2.41 bits per heavy atom. The first-order valence-corrected chi connectivity index (χ1v) is 8.25. The van der Waals surface area contributed by atoms with Gasteiger partial charge in [0.25, 0.3) is 5.91 Å². The average Bonchev–Trinajstić information content (AvgIpc) is 2.67. The normalized spacial score (nSPS) is 17.6. The van der Waals surface area contributed by atoms with Crippen molar-refractivity contribution in [1.29, 1.82) is 0 Å². The maximum absolute atomic E-state index is 12.9. The van der Waals surface area contributed by atoms with Gasteiger partial charge in [-0.1, -0.05) is 6.07 Å². The second-order valence-electron chi connectivity index (χ2n) is 5.97. The first-order valence-electron chi connectivity index (χ1n) is 8.25. The third kappa shape index (κ3) is 4.26. The summed E-state index contributed by atoms with van der Waals surface area (Å²) in [4.78, 5) is 41.4. The number of methoxy groups -OCH3 is 1. The van der Waals surface area contributed by atoms with E-state index >= 15 is 0 Å². The molecule has 3 rings (SSSR count). The molecule has 1 fully saturated rings. The molecule has 1 N–H and O–H groups in total. The van der Waals surface area contributed by atoms with Crippen molar-refractivity contribution in [1.82, 2.24) is 5.32 Å². The number of rotatable bonds is 4. The number of ether oxygens (including phenoxy) is 1. The van der Waals surface area contributed by atoms with E-state index in [4.69, 9.17) is 4.74 Å². The summed E-state index contributed by atoms with van der Waals surface area (Å²) in [6, 6.07) is 8.96. The molecule has 1 aliphatic rings. The number of barbiturate groups is 1. The van der Waals surface area contributed by atoms with Gasteiger partial charge < -0.3 is 4.74 Å². The summed E-state index contributed by atoms with van der Waals surface area (Å²) >= 11 is 0. The van der Waals surface area contributed by atoms with Crippen LogP contribution in [0.2, 0.25) is 0 Å². The predicted octanol–water partition coefficient (Wildman–Crippen LogP) is 3.32. The molecule has 1 saturated heterocycles. The number of alkyl halides is 3. The van der Waals surface area contributed by atoms with Crippen molar-refractivity contribution in [3.63, 3.8) is 0 Å². The third-order valence-electron chi connectivity index (χ3n) is 4.08. The number of anilines is 1. The average molecular weight is 405 g/mol. The molecule has 1 heterocycles. The van der Waals surface area contributed by atoms with Gasteiger partial charge in [-0.05, 0) is 42.5 Å². The SMILES string of the molecule is COc1ccc(N=C[C@@H]2C(=O)NC(=O)N(c3cccc(C(F)(F)F)c3)C2=O)cc1. The van der Waals surface area contributed by atoms with Gasteiger partial charge in [-0.15, -0.1) is 0 Å². The van der Waals surface area contributed by atoms with Crippen LogP contribution in [0.1, 0.15) is 5.56 Å². The topological polar surface area (TPSA) is 88.1 Å². The van der Waals surface area contributed by atoms with Crippen molar-refractivity contribution in [2.24, 2.45) is 10.9 Å². The van der Waals surface area contributed by atoms with Gasteiger partial charge in [-0.25, -0.2) is 9.69 Å². The van der Waals surface area contributed by atoms with E-state index in [0.717, 1.165) is 18.3 Å². The van der Waals surface area contributed by atoms with E-state index in [1.807, 2.05) is 5.32 Å². The maximum atomic E-state index is 12.9. The van der Waals surface area contributed by atoms with Crippen molar-refractivity contribution in [3.05, 3.63) is 54.1 Å². The Labute approximate surface area is 162 Å². The van der Waals surface area contributed by atoms with Gasteiger partial charge in [0.2, 0.25) is 5.91 Å². The maximum Gasteiger partial charge on any atom is 0.416 e.